The normalized spacial score (nSPS) is 16.6. The lowest BCUT2D eigenvalue weighted by molar-refractivity contribution is -0.144. The minimum absolute atomic E-state index is 0.140. The number of aryl methyl sites for hydroxylation is 1. The minimum Gasteiger partial charge on any atom is -0.481 e. The van der Waals surface area contributed by atoms with Gasteiger partial charge in [-0.15, -0.1) is 0 Å². The van der Waals surface area contributed by atoms with E-state index in [-0.39, 0.29) is 6.79 Å². The molecule has 0 radical (unpaired) electrons. The van der Waals surface area contributed by atoms with Crippen LogP contribution in [0.1, 0.15) is 18.1 Å². The highest BCUT2D eigenvalue weighted by molar-refractivity contribution is 5.82. The molecular formula is C12H14O5. The predicted molar refractivity (Wildman–Crippen MR) is 59.4 cm³/mol. The molecule has 17 heavy (non-hydrogen) atoms. The van der Waals surface area contributed by atoms with Crippen LogP contribution in [0.4, 0.5) is 0 Å². The van der Waals surface area contributed by atoms with Gasteiger partial charge in [-0.25, -0.2) is 0 Å². The van der Waals surface area contributed by atoms with Gasteiger partial charge < -0.3 is 19.7 Å². The number of rotatable bonds is 3. The van der Waals surface area contributed by atoms with E-state index in [0.29, 0.717) is 17.1 Å². The van der Waals surface area contributed by atoms with Crippen molar-refractivity contribution in [3.63, 3.8) is 0 Å². The lowest BCUT2D eigenvalue weighted by Gasteiger charge is -2.24. The van der Waals surface area contributed by atoms with Gasteiger partial charge in [-0.2, -0.15) is 0 Å². The first-order valence-electron chi connectivity index (χ1n) is 5.24. The summed E-state index contributed by atoms with van der Waals surface area (Å²) in [6.07, 6.45) is 0. The van der Waals surface area contributed by atoms with Gasteiger partial charge in [0, 0.05) is 0 Å². The molecule has 0 fully saturated rings. The number of aliphatic hydroxyl groups is 1. The van der Waals surface area contributed by atoms with Gasteiger partial charge in [0.25, 0.3) is 0 Å². The van der Waals surface area contributed by atoms with Crippen molar-refractivity contribution >= 4 is 5.97 Å². The van der Waals surface area contributed by atoms with Crippen LogP contribution in [0.5, 0.6) is 11.5 Å². The van der Waals surface area contributed by atoms with E-state index in [1.807, 2.05) is 0 Å². The van der Waals surface area contributed by atoms with Crippen molar-refractivity contribution in [2.24, 2.45) is 0 Å². The summed E-state index contributed by atoms with van der Waals surface area (Å²) >= 11 is 0. The molecule has 1 aliphatic rings. The molecule has 5 heteroatoms. The van der Waals surface area contributed by atoms with Gasteiger partial charge in [-0.3, -0.25) is 4.79 Å². The lowest BCUT2D eigenvalue weighted by atomic mass is 9.80. The number of benzene rings is 1. The Hall–Kier alpha value is -1.75. The fraction of sp³-hybridized carbons (Fsp3) is 0.417. The highest BCUT2D eigenvalue weighted by Gasteiger charge is 2.37. The van der Waals surface area contributed by atoms with Crippen molar-refractivity contribution in [1.82, 2.24) is 0 Å². The van der Waals surface area contributed by atoms with Crippen LogP contribution in [0.3, 0.4) is 0 Å². The van der Waals surface area contributed by atoms with Crippen molar-refractivity contribution in [3.05, 3.63) is 23.3 Å². The van der Waals surface area contributed by atoms with Crippen LogP contribution in [-0.4, -0.2) is 29.6 Å². The van der Waals surface area contributed by atoms with Gasteiger partial charge in [0.1, 0.15) is 5.41 Å². The molecule has 0 aliphatic carbocycles. The topological polar surface area (TPSA) is 76.0 Å². The molecule has 0 amide bonds. The van der Waals surface area contributed by atoms with E-state index >= 15 is 0 Å². The van der Waals surface area contributed by atoms with Gasteiger partial charge >= 0.3 is 5.97 Å². The van der Waals surface area contributed by atoms with Crippen LogP contribution in [0, 0.1) is 6.92 Å². The first-order valence-corrected chi connectivity index (χ1v) is 5.24. The molecule has 1 heterocycles. The van der Waals surface area contributed by atoms with E-state index in [0.717, 1.165) is 5.56 Å². The third kappa shape index (κ3) is 1.72. The molecule has 0 spiro atoms. The summed E-state index contributed by atoms with van der Waals surface area (Å²) in [5.41, 5.74) is -0.0321. The highest BCUT2D eigenvalue weighted by Crippen LogP contribution is 2.38. The monoisotopic (exact) mass is 238 g/mol. The van der Waals surface area contributed by atoms with Crippen LogP contribution in [-0.2, 0) is 10.2 Å². The van der Waals surface area contributed by atoms with E-state index in [1.54, 1.807) is 19.1 Å². The van der Waals surface area contributed by atoms with Gasteiger partial charge in [0.15, 0.2) is 11.5 Å². The molecule has 0 saturated carbocycles. The smallest absolute Gasteiger partial charge is 0.316 e. The molecule has 1 aromatic carbocycles. The van der Waals surface area contributed by atoms with Crippen LogP contribution < -0.4 is 9.47 Å². The maximum absolute atomic E-state index is 11.3. The van der Waals surface area contributed by atoms with Gasteiger partial charge in [0.2, 0.25) is 6.79 Å². The number of carboxylic acids is 1. The van der Waals surface area contributed by atoms with Crippen molar-refractivity contribution in [2.75, 3.05) is 13.4 Å². The zero-order valence-electron chi connectivity index (χ0n) is 9.69. The van der Waals surface area contributed by atoms with E-state index in [1.165, 1.54) is 6.92 Å². The molecule has 0 saturated heterocycles. The fourth-order valence-corrected chi connectivity index (χ4v) is 1.91. The number of fused-ring (bicyclic) bond motifs is 1. The standard InChI is InChI=1S/C12H14O5/c1-7-3-9-10(17-6-16-9)4-8(7)12(2,5-13)11(14)15/h3-4,13H,5-6H2,1-2H3,(H,14,15). The van der Waals surface area contributed by atoms with Crippen LogP contribution in [0.15, 0.2) is 12.1 Å². The Kier molecular flexibility index (Phi) is 2.71. The second-order valence-electron chi connectivity index (χ2n) is 4.32. The molecule has 0 aromatic heterocycles. The number of aliphatic hydroxyl groups excluding tert-OH is 1. The number of carbonyl (C=O) groups is 1. The number of hydrogen-bond donors (Lipinski definition) is 2. The predicted octanol–water partition coefficient (Wildman–Crippen LogP) is 1.06. The Balaban J connectivity index is 2.55. The molecule has 1 aliphatic heterocycles. The molecule has 92 valence electrons. The quantitative estimate of drug-likeness (QED) is 0.823. The van der Waals surface area contributed by atoms with Gasteiger partial charge in [0.05, 0.1) is 6.61 Å². The van der Waals surface area contributed by atoms with Crippen molar-refractivity contribution < 1.29 is 24.5 Å². The largest absolute Gasteiger partial charge is 0.481 e. The molecule has 0 bridgehead atoms. The van der Waals surface area contributed by atoms with Gasteiger partial charge in [-0.05, 0) is 37.1 Å². The SMILES string of the molecule is Cc1cc2c(cc1C(C)(CO)C(=O)O)OCO2. The van der Waals surface area contributed by atoms with Crippen LogP contribution in [0.2, 0.25) is 0 Å². The van der Waals surface area contributed by atoms with E-state index in [9.17, 15) is 15.0 Å². The average Bonchev–Trinajstić information content (AvgIpc) is 2.73. The Morgan fingerprint density at radius 3 is 2.53 bits per heavy atom. The Labute approximate surface area is 98.6 Å². The Morgan fingerprint density at radius 1 is 1.41 bits per heavy atom. The van der Waals surface area contributed by atoms with Crippen LogP contribution >= 0.6 is 0 Å². The second-order valence-corrected chi connectivity index (χ2v) is 4.32. The zero-order chi connectivity index (χ0) is 12.6. The number of carboxylic acid groups (broad SMARTS) is 1. The summed E-state index contributed by atoms with van der Waals surface area (Å²) in [5.74, 6) is 0.0606. The third-order valence-corrected chi connectivity index (χ3v) is 3.10. The summed E-state index contributed by atoms with van der Waals surface area (Å²) in [6.45, 7) is 2.94. The fourth-order valence-electron chi connectivity index (χ4n) is 1.91. The maximum Gasteiger partial charge on any atom is 0.316 e. The average molecular weight is 238 g/mol. The molecule has 1 atom stereocenters. The van der Waals surface area contributed by atoms with E-state index in [2.05, 4.69) is 0 Å². The van der Waals surface area contributed by atoms with Crippen LogP contribution in [0.25, 0.3) is 0 Å². The summed E-state index contributed by atoms with van der Waals surface area (Å²) in [6, 6.07) is 3.36. The molecule has 5 nitrogen and oxygen atoms in total. The van der Waals surface area contributed by atoms with Crippen molar-refractivity contribution in [2.45, 2.75) is 19.3 Å². The molecule has 1 unspecified atom stereocenters. The first-order chi connectivity index (χ1) is 7.99. The van der Waals surface area contributed by atoms with E-state index < -0.39 is 18.0 Å². The first kappa shape index (κ1) is 11.7. The second kappa shape index (κ2) is 3.92. The summed E-state index contributed by atoms with van der Waals surface area (Å²) in [5, 5.41) is 18.6. The summed E-state index contributed by atoms with van der Waals surface area (Å²) < 4.78 is 10.4. The lowest BCUT2D eigenvalue weighted by Crippen LogP contribution is -2.36. The molecular weight excluding hydrogens is 224 g/mol. The number of aliphatic carboxylic acids is 1. The number of hydrogen-bond acceptors (Lipinski definition) is 4. The highest BCUT2D eigenvalue weighted by atomic mass is 16.7. The van der Waals surface area contributed by atoms with Crippen molar-refractivity contribution in [1.29, 1.82) is 0 Å². The summed E-state index contributed by atoms with van der Waals surface area (Å²) in [7, 11) is 0. The molecule has 2 rings (SSSR count). The third-order valence-electron chi connectivity index (χ3n) is 3.10. The zero-order valence-corrected chi connectivity index (χ0v) is 9.69. The Bertz CT molecular complexity index is 468. The van der Waals surface area contributed by atoms with E-state index in [4.69, 9.17) is 9.47 Å². The van der Waals surface area contributed by atoms with Gasteiger partial charge in [-0.1, -0.05) is 0 Å². The molecule has 2 N–H and O–H groups in total. The Morgan fingerprint density at radius 2 is 2.00 bits per heavy atom. The number of ether oxygens (including phenoxy) is 2. The maximum atomic E-state index is 11.3. The minimum atomic E-state index is -1.33. The molecule has 1 aromatic rings. The summed E-state index contributed by atoms with van der Waals surface area (Å²) in [4.78, 5) is 11.3. The van der Waals surface area contributed by atoms with Crippen molar-refractivity contribution in [3.8, 4) is 11.5 Å².